The highest BCUT2D eigenvalue weighted by Gasteiger charge is 2.27. The van der Waals surface area contributed by atoms with E-state index in [0.29, 0.717) is 24.3 Å². The molecule has 1 aromatic carbocycles. The predicted molar refractivity (Wildman–Crippen MR) is 105 cm³/mol. The Morgan fingerprint density at radius 2 is 1.97 bits per heavy atom. The molecule has 3 atom stereocenters. The maximum absolute atomic E-state index is 12.1. The second-order valence-electron chi connectivity index (χ2n) is 7.00. The van der Waals surface area contributed by atoms with E-state index in [2.05, 4.69) is 5.32 Å². The van der Waals surface area contributed by atoms with Crippen LogP contribution in [-0.2, 0) is 23.8 Å². The van der Waals surface area contributed by atoms with Crippen molar-refractivity contribution >= 4 is 17.8 Å². The molecule has 0 aliphatic carbocycles. The van der Waals surface area contributed by atoms with E-state index in [1.165, 1.54) is 7.11 Å². The van der Waals surface area contributed by atoms with Crippen LogP contribution in [0.4, 0.5) is 0 Å². The summed E-state index contributed by atoms with van der Waals surface area (Å²) in [7, 11) is 1.26. The van der Waals surface area contributed by atoms with E-state index in [9.17, 15) is 14.4 Å². The van der Waals surface area contributed by atoms with Crippen LogP contribution in [0.15, 0.2) is 24.3 Å². The number of carbonyl (C=O) groups excluding carboxylic acids is 3. The molecule has 1 saturated heterocycles. The van der Waals surface area contributed by atoms with E-state index in [-0.39, 0.29) is 12.0 Å². The second kappa shape index (κ2) is 11.4. The number of rotatable bonds is 10. The highest BCUT2D eigenvalue weighted by molar-refractivity contribution is 5.92. The quantitative estimate of drug-likeness (QED) is 0.593. The van der Waals surface area contributed by atoms with Gasteiger partial charge in [0, 0.05) is 6.61 Å². The summed E-state index contributed by atoms with van der Waals surface area (Å²) in [6.07, 6.45) is 2.83. The summed E-state index contributed by atoms with van der Waals surface area (Å²) in [5.74, 6) is -1.21. The maximum Gasteiger partial charge on any atom is 0.338 e. The molecule has 0 spiro atoms. The smallest absolute Gasteiger partial charge is 0.338 e. The molecule has 1 fully saturated rings. The first-order valence-electron chi connectivity index (χ1n) is 9.83. The average molecular weight is 407 g/mol. The molecule has 1 aromatic rings. The van der Waals surface area contributed by atoms with Crippen LogP contribution in [0.3, 0.4) is 0 Å². The molecule has 160 valence electrons. The summed E-state index contributed by atoms with van der Waals surface area (Å²) < 4.78 is 20.9. The van der Waals surface area contributed by atoms with E-state index in [4.69, 9.17) is 18.9 Å². The first-order valence-corrected chi connectivity index (χ1v) is 9.83. The van der Waals surface area contributed by atoms with Gasteiger partial charge in [-0.2, -0.15) is 0 Å². The van der Waals surface area contributed by atoms with Crippen LogP contribution in [0.2, 0.25) is 0 Å². The first kappa shape index (κ1) is 22.7. The molecule has 8 nitrogen and oxygen atoms in total. The Morgan fingerprint density at radius 3 is 2.55 bits per heavy atom. The van der Waals surface area contributed by atoms with Crippen LogP contribution >= 0.6 is 0 Å². The van der Waals surface area contributed by atoms with E-state index < -0.39 is 30.5 Å². The fraction of sp³-hybridized carbons (Fsp3) is 0.571. The lowest BCUT2D eigenvalue weighted by Gasteiger charge is -2.21. The SMILES string of the molecule is CC[C@@H](C)[C@H](NC(=O)COC(=O)c1ccc(OC[C@@H]2CCCO2)cc1)C(=O)OC. The van der Waals surface area contributed by atoms with Crippen molar-refractivity contribution in [3.63, 3.8) is 0 Å². The number of nitrogens with one attached hydrogen (secondary N) is 1. The largest absolute Gasteiger partial charge is 0.491 e. The van der Waals surface area contributed by atoms with Crippen molar-refractivity contribution in [3.8, 4) is 5.75 Å². The zero-order chi connectivity index (χ0) is 21.2. The van der Waals surface area contributed by atoms with Gasteiger partial charge in [0.05, 0.1) is 18.8 Å². The summed E-state index contributed by atoms with van der Waals surface area (Å²) in [6, 6.07) is 5.70. The summed E-state index contributed by atoms with van der Waals surface area (Å²) in [5.41, 5.74) is 0.300. The molecule has 0 saturated carbocycles. The summed E-state index contributed by atoms with van der Waals surface area (Å²) in [5, 5.41) is 2.56. The Hall–Kier alpha value is -2.61. The average Bonchev–Trinajstić information content (AvgIpc) is 3.27. The monoisotopic (exact) mass is 407 g/mol. The van der Waals surface area contributed by atoms with Gasteiger partial charge in [0.2, 0.25) is 0 Å². The number of amides is 1. The first-order chi connectivity index (χ1) is 13.9. The zero-order valence-electron chi connectivity index (χ0n) is 17.1. The molecule has 1 amide bonds. The third-order valence-electron chi connectivity index (χ3n) is 4.87. The Kier molecular flexibility index (Phi) is 8.92. The Morgan fingerprint density at radius 1 is 1.24 bits per heavy atom. The summed E-state index contributed by atoms with van der Waals surface area (Å²) in [4.78, 5) is 36.0. The summed E-state index contributed by atoms with van der Waals surface area (Å²) in [6.45, 7) is 4.49. The molecule has 1 N–H and O–H groups in total. The normalized spacial score (nSPS) is 17.8. The lowest BCUT2D eigenvalue weighted by molar-refractivity contribution is -0.147. The van der Waals surface area contributed by atoms with Crippen molar-refractivity contribution in [3.05, 3.63) is 29.8 Å². The molecule has 0 unspecified atom stereocenters. The van der Waals surface area contributed by atoms with Crippen LogP contribution in [0.5, 0.6) is 5.75 Å². The number of carbonyl (C=O) groups is 3. The van der Waals surface area contributed by atoms with Gasteiger partial charge < -0.3 is 24.3 Å². The Balaban J connectivity index is 1.79. The fourth-order valence-electron chi connectivity index (χ4n) is 2.88. The van der Waals surface area contributed by atoms with Gasteiger partial charge in [-0.05, 0) is 43.0 Å². The van der Waals surface area contributed by atoms with Crippen molar-refractivity contribution in [1.82, 2.24) is 5.32 Å². The third kappa shape index (κ3) is 7.05. The van der Waals surface area contributed by atoms with Gasteiger partial charge in [0.25, 0.3) is 5.91 Å². The fourth-order valence-corrected chi connectivity index (χ4v) is 2.88. The standard InChI is InChI=1S/C21H29NO7/c1-4-14(2)19(21(25)26-3)22-18(23)13-29-20(24)15-7-9-16(10-8-15)28-12-17-6-5-11-27-17/h7-10,14,17,19H,4-6,11-13H2,1-3H3,(H,22,23)/t14-,17+,19+/m1/s1. The molecule has 0 bridgehead atoms. The van der Waals surface area contributed by atoms with Gasteiger partial charge in [0.1, 0.15) is 18.4 Å². The lowest BCUT2D eigenvalue weighted by atomic mass is 9.99. The minimum absolute atomic E-state index is 0.107. The van der Waals surface area contributed by atoms with Gasteiger partial charge in [-0.15, -0.1) is 0 Å². The molecule has 1 aliphatic heterocycles. The number of methoxy groups -OCH3 is 1. The van der Waals surface area contributed by atoms with Gasteiger partial charge in [0.15, 0.2) is 6.61 Å². The molecule has 1 aliphatic rings. The number of hydrogen-bond donors (Lipinski definition) is 1. The predicted octanol–water partition coefficient (Wildman–Crippen LogP) is 2.11. The zero-order valence-corrected chi connectivity index (χ0v) is 17.1. The van der Waals surface area contributed by atoms with Crippen LogP contribution < -0.4 is 10.1 Å². The van der Waals surface area contributed by atoms with E-state index in [1.54, 1.807) is 24.3 Å². The molecule has 0 aromatic heterocycles. The molecule has 2 rings (SSSR count). The van der Waals surface area contributed by atoms with Crippen LogP contribution in [0, 0.1) is 5.92 Å². The number of esters is 2. The molecular weight excluding hydrogens is 378 g/mol. The molecule has 29 heavy (non-hydrogen) atoms. The molecule has 8 heteroatoms. The minimum atomic E-state index is -0.781. The Bertz CT molecular complexity index is 683. The highest BCUT2D eigenvalue weighted by atomic mass is 16.5. The molecule has 0 radical (unpaired) electrons. The van der Waals surface area contributed by atoms with Gasteiger partial charge >= 0.3 is 11.9 Å². The Labute approximate surface area is 170 Å². The van der Waals surface area contributed by atoms with Gasteiger partial charge in [-0.3, -0.25) is 4.79 Å². The van der Waals surface area contributed by atoms with E-state index >= 15 is 0 Å². The van der Waals surface area contributed by atoms with E-state index in [1.807, 2.05) is 13.8 Å². The topological polar surface area (TPSA) is 100 Å². The van der Waals surface area contributed by atoms with E-state index in [0.717, 1.165) is 19.4 Å². The molecular formula is C21H29NO7. The van der Waals surface area contributed by atoms with Gasteiger partial charge in [-0.1, -0.05) is 20.3 Å². The van der Waals surface area contributed by atoms with Crippen LogP contribution in [-0.4, -0.2) is 56.9 Å². The van der Waals surface area contributed by atoms with Crippen LogP contribution in [0.1, 0.15) is 43.5 Å². The highest BCUT2D eigenvalue weighted by Crippen LogP contribution is 2.17. The van der Waals surface area contributed by atoms with Crippen LogP contribution in [0.25, 0.3) is 0 Å². The van der Waals surface area contributed by atoms with Gasteiger partial charge in [-0.25, -0.2) is 9.59 Å². The van der Waals surface area contributed by atoms with Crippen molar-refractivity contribution in [2.45, 2.75) is 45.3 Å². The van der Waals surface area contributed by atoms with Crippen molar-refractivity contribution < 1.29 is 33.3 Å². The third-order valence-corrected chi connectivity index (χ3v) is 4.87. The second-order valence-corrected chi connectivity index (χ2v) is 7.00. The number of benzene rings is 1. The lowest BCUT2D eigenvalue weighted by Crippen LogP contribution is -2.47. The van der Waals surface area contributed by atoms with Crippen molar-refractivity contribution in [2.24, 2.45) is 5.92 Å². The van der Waals surface area contributed by atoms with Crippen molar-refractivity contribution in [2.75, 3.05) is 26.9 Å². The minimum Gasteiger partial charge on any atom is -0.491 e. The maximum atomic E-state index is 12.1. The summed E-state index contributed by atoms with van der Waals surface area (Å²) >= 11 is 0. The number of hydrogen-bond acceptors (Lipinski definition) is 7. The molecule has 1 heterocycles. The number of ether oxygens (including phenoxy) is 4. The van der Waals surface area contributed by atoms with Crippen molar-refractivity contribution in [1.29, 1.82) is 0 Å².